The van der Waals surface area contributed by atoms with Crippen molar-refractivity contribution in [2.24, 2.45) is 5.92 Å². The minimum absolute atomic E-state index is 0.0507. The smallest absolute Gasteiger partial charge is 0.228 e. The molecule has 1 fully saturated rings. The summed E-state index contributed by atoms with van der Waals surface area (Å²) in [5.74, 6) is -0.162. The van der Waals surface area contributed by atoms with Gasteiger partial charge in [-0.15, -0.1) is 6.58 Å². The molecule has 0 N–H and O–H groups in total. The maximum atomic E-state index is 13.0. The number of nitrogens with zero attached hydrogens (tertiary/aromatic N) is 2. The van der Waals surface area contributed by atoms with Crippen molar-refractivity contribution in [1.82, 2.24) is 9.80 Å². The van der Waals surface area contributed by atoms with Crippen LogP contribution in [0.3, 0.4) is 0 Å². The first-order valence-corrected chi connectivity index (χ1v) is 9.42. The Bertz CT molecular complexity index is 773. The van der Waals surface area contributed by atoms with Crippen LogP contribution in [0.25, 0.3) is 0 Å². The molecule has 4 nitrogen and oxygen atoms in total. The second-order valence-electron chi connectivity index (χ2n) is 6.97. The van der Waals surface area contributed by atoms with Gasteiger partial charge >= 0.3 is 0 Å². The van der Waals surface area contributed by atoms with Gasteiger partial charge in [0.05, 0.1) is 5.92 Å². The van der Waals surface area contributed by atoms with Gasteiger partial charge in [0.15, 0.2) is 0 Å². The highest BCUT2D eigenvalue weighted by molar-refractivity contribution is 5.89. The van der Waals surface area contributed by atoms with E-state index in [4.69, 9.17) is 0 Å². The molecule has 0 bridgehead atoms. The molecule has 1 atom stereocenters. The first-order chi connectivity index (χ1) is 13.2. The molecule has 0 saturated carbocycles. The first kappa shape index (κ1) is 18.9. The minimum Gasteiger partial charge on any atom is -0.338 e. The van der Waals surface area contributed by atoms with Crippen LogP contribution in [0.5, 0.6) is 0 Å². The van der Waals surface area contributed by atoms with Crippen LogP contribution in [0, 0.1) is 5.92 Å². The van der Waals surface area contributed by atoms with E-state index in [1.54, 1.807) is 11.0 Å². The minimum atomic E-state index is -0.267. The summed E-state index contributed by atoms with van der Waals surface area (Å²) in [6, 6.07) is 20.0. The molecule has 3 rings (SSSR count). The van der Waals surface area contributed by atoms with Crippen LogP contribution in [-0.2, 0) is 22.6 Å². The number of hydrogen-bond acceptors (Lipinski definition) is 2. The number of rotatable bonds is 8. The third-order valence-corrected chi connectivity index (χ3v) is 4.95. The summed E-state index contributed by atoms with van der Waals surface area (Å²) in [5.41, 5.74) is 2.29. The summed E-state index contributed by atoms with van der Waals surface area (Å²) >= 11 is 0. The zero-order chi connectivity index (χ0) is 19.1. The molecular weight excluding hydrogens is 336 g/mol. The zero-order valence-corrected chi connectivity index (χ0v) is 15.6. The van der Waals surface area contributed by atoms with Gasteiger partial charge in [-0.1, -0.05) is 66.7 Å². The highest BCUT2D eigenvalue weighted by Crippen LogP contribution is 2.22. The highest BCUT2D eigenvalue weighted by Gasteiger charge is 2.36. The molecule has 27 heavy (non-hydrogen) atoms. The average Bonchev–Trinajstić information content (AvgIpc) is 3.06. The average molecular weight is 362 g/mol. The molecule has 0 spiro atoms. The summed E-state index contributed by atoms with van der Waals surface area (Å²) in [5, 5.41) is 0. The van der Waals surface area contributed by atoms with Crippen LogP contribution in [0.1, 0.15) is 17.5 Å². The molecule has 0 aromatic heterocycles. The topological polar surface area (TPSA) is 40.6 Å². The van der Waals surface area contributed by atoms with E-state index in [1.165, 1.54) is 5.56 Å². The Morgan fingerprint density at radius 2 is 1.70 bits per heavy atom. The lowest BCUT2D eigenvalue weighted by Crippen LogP contribution is -2.38. The van der Waals surface area contributed by atoms with E-state index in [2.05, 4.69) is 18.7 Å². The standard InChI is InChI=1S/C23H26N2O2/c1-2-14-24(15-13-19-9-5-3-6-10-19)23(27)21-16-22(26)25(18-21)17-20-11-7-4-8-12-20/h2-12,21H,1,13-18H2. The summed E-state index contributed by atoms with van der Waals surface area (Å²) in [4.78, 5) is 29.0. The number of amides is 2. The normalized spacial score (nSPS) is 16.4. The van der Waals surface area contributed by atoms with Gasteiger partial charge in [-0.3, -0.25) is 9.59 Å². The van der Waals surface area contributed by atoms with Crippen molar-refractivity contribution in [3.8, 4) is 0 Å². The van der Waals surface area contributed by atoms with E-state index in [0.29, 0.717) is 32.6 Å². The number of likely N-dealkylation sites (tertiary alicyclic amines) is 1. The predicted molar refractivity (Wildman–Crippen MR) is 107 cm³/mol. The fourth-order valence-corrected chi connectivity index (χ4v) is 3.51. The van der Waals surface area contributed by atoms with Crippen molar-refractivity contribution < 1.29 is 9.59 Å². The number of carbonyl (C=O) groups excluding carboxylic acids is 2. The van der Waals surface area contributed by atoms with Crippen molar-refractivity contribution in [2.45, 2.75) is 19.4 Å². The molecule has 4 heteroatoms. The lowest BCUT2D eigenvalue weighted by Gasteiger charge is -2.24. The van der Waals surface area contributed by atoms with Crippen LogP contribution in [0.15, 0.2) is 73.3 Å². The zero-order valence-electron chi connectivity index (χ0n) is 15.6. The molecule has 1 unspecified atom stereocenters. The number of hydrogen-bond donors (Lipinski definition) is 0. The monoisotopic (exact) mass is 362 g/mol. The maximum absolute atomic E-state index is 13.0. The molecular formula is C23H26N2O2. The molecule has 0 radical (unpaired) electrons. The summed E-state index contributed by atoms with van der Waals surface area (Å²) in [7, 11) is 0. The Morgan fingerprint density at radius 1 is 1.07 bits per heavy atom. The van der Waals surface area contributed by atoms with Crippen molar-refractivity contribution in [2.75, 3.05) is 19.6 Å². The van der Waals surface area contributed by atoms with Crippen LogP contribution >= 0.6 is 0 Å². The summed E-state index contributed by atoms with van der Waals surface area (Å²) in [6.45, 7) is 5.98. The number of carbonyl (C=O) groups is 2. The maximum Gasteiger partial charge on any atom is 0.228 e. The van der Waals surface area contributed by atoms with Gasteiger partial charge in [-0.05, 0) is 17.5 Å². The van der Waals surface area contributed by atoms with Gasteiger partial charge in [0.1, 0.15) is 0 Å². The Labute approximate surface area is 161 Å². The molecule has 2 amide bonds. The second kappa shape index (κ2) is 9.17. The third-order valence-electron chi connectivity index (χ3n) is 4.95. The van der Waals surface area contributed by atoms with E-state index >= 15 is 0 Å². The molecule has 1 aliphatic heterocycles. The fourth-order valence-electron chi connectivity index (χ4n) is 3.51. The molecule has 1 heterocycles. The van der Waals surface area contributed by atoms with Gasteiger partial charge in [0.25, 0.3) is 0 Å². The van der Waals surface area contributed by atoms with E-state index in [0.717, 1.165) is 12.0 Å². The Kier molecular flexibility index (Phi) is 6.42. The molecule has 1 saturated heterocycles. The summed E-state index contributed by atoms with van der Waals surface area (Å²) in [6.07, 6.45) is 2.85. The molecule has 140 valence electrons. The van der Waals surface area contributed by atoms with Crippen molar-refractivity contribution in [3.05, 3.63) is 84.4 Å². The second-order valence-corrected chi connectivity index (χ2v) is 6.97. The molecule has 1 aliphatic rings. The number of benzene rings is 2. The molecule has 0 aliphatic carbocycles. The van der Waals surface area contributed by atoms with Gasteiger partial charge < -0.3 is 9.80 Å². The van der Waals surface area contributed by atoms with Crippen molar-refractivity contribution in [3.63, 3.8) is 0 Å². The Hall–Kier alpha value is -2.88. The summed E-state index contributed by atoms with van der Waals surface area (Å²) < 4.78 is 0. The molecule has 2 aromatic carbocycles. The molecule has 2 aromatic rings. The quantitative estimate of drug-likeness (QED) is 0.676. The van der Waals surface area contributed by atoms with Gasteiger partial charge in [-0.2, -0.15) is 0 Å². The van der Waals surface area contributed by atoms with Crippen LogP contribution < -0.4 is 0 Å². The van der Waals surface area contributed by atoms with Crippen LogP contribution in [0.2, 0.25) is 0 Å². The third kappa shape index (κ3) is 5.07. The van der Waals surface area contributed by atoms with E-state index in [-0.39, 0.29) is 17.7 Å². The fraction of sp³-hybridized carbons (Fsp3) is 0.304. The predicted octanol–water partition coefficient (Wildman–Crippen LogP) is 3.29. The van der Waals surface area contributed by atoms with Crippen LogP contribution in [-0.4, -0.2) is 41.2 Å². The Morgan fingerprint density at radius 3 is 2.33 bits per heavy atom. The van der Waals surface area contributed by atoms with Crippen molar-refractivity contribution >= 4 is 11.8 Å². The van der Waals surface area contributed by atoms with Crippen LogP contribution in [0.4, 0.5) is 0 Å². The van der Waals surface area contributed by atoms with Crippen molar-refractivity contribution in [1.29, 1.82) is 0 Å². The van der Waals surface area contributed by atoms with Gasteiger partial charge in [0, 0.05) is 32.6 Å². The lowest BCUT2D eigenvalue weighted by atomic mass is 10.1. The first-order valence-electron chi connectivity index (χ1n) is 9.42. The largest absolute Gasteiger partial charge is 0.338 e. The van der Waals surface area contributed by atoms with Gasteiger partial charge in [-0.25, -0.2) is 0 Å². The lowest BCUT2D eigenvalue weighted by molar-refractivity contribution is -0.135. The van der Waals surface area contributed by atoms with E-state index in [1.807, 2.05) is 53.4 Å². The van der Waals surface area contributed by atoms with E-state index < -0.39 is 0 Å². The van der Waals surface area contributed by atoms with Gasteiger partial charge in [0.2, 0.25) is 11.8 Å². The Balaban J connectivity index is 1.60. The SMILES string of the molecule is C=CCN(CCc1ccccc1)C(=O)C1CC(=O)N(Cc2ccccc2)C1. The highest BCUT2D eigenvalue weighted by atomic mass is 16.2. The van der Waals surface area contributed by atoms with E-state index in [9.17, 15) is 9.59 Å².